The lowest BCUT2D eigenvalue weighted by Gasteiger charge is -2.40. The summed E-state index contributed by atoms with van der Waals surface area (Å²) in [5, 5.41) is 3.27. The van der Waals surface area contributed by atoms with Gasteiger partial charge in [-0.2, -0.15) is 17.4 Å². The van der Waals surface area contributed by atoms with E-state index in [-0.39, 0.29) is 5.60 Å². The molecule has 1 aliphatic rings. The maximum Gasteiger partial charge on any atom is 0.279 e. The van der Waals surface area contributed by atoms with Crippen molar-refractivity contribution in [3.63, 3.8) is 0 Å². The van der Waals surface area contributed by atoms with Crippen molar-refractivity contribution < 1.29 is 13.2 Å². The summed E-state index contributed by atoms with van der Waals surface area (Å²) in [4.78, 5) is 0. The number of nitrogens with zero attached hydrogens (tertiary/aromatic N) is 1. The second kappa shape index (κ2) is 7.70. The van der Waals surface area contributed by atoms with E-state index in [1.807, 2.05) is 0 Å². The number of methoxy groups -OCH3 is 1. The van der Waals surface area contributed by atoms with E-state index in [4.69, 9.17) is 4.74 Å². The van der Waals surface area contributed by atoms with E-state index in [9.17, 15) is 8.42 Å². The summed E-state index contributed by atoms with van der Waals surface area (Å²) < 4.78 is 33.6. The highest BCUT2D eigenvalue weighted by Gasteiger charge is 2.38. The van der Waals surface area contributed by atoms with E-state index in [0.717, 1.165) is 32.2 Å². The summed E-state index contributed by atoms with van der Waals surface area (Å²) in [6.07, 6.45) is 3.75. The van der Waals surface area contributed by atoms with Gasteiger partial charge in [0, 0.05) is 33.3 Å². The first-order valence-corrected chi connectivity index (χ1v) is 8.75. The highest BCUT2D eigenvalue weighted by Crippen LogP contribution is 2.34. The van der Waals surface area contributed by atoms with Crippen LogP contribution in [0.25, 0.3) is 0 Å². The molecule has 1 rings (SSSR count). The van der Waals surface area contributed by atoms with Gasteiger partial charge in [-0.1, -0.05) is 13.8 Å². The molecule has 0 unspecified atom stereocenters. The zero-order chi connectivity index (χ0) is 15.2. The van der Waals surface area contributed by atoms with Gasteiger partial charge in [-0.15, -0.1) is 0 Å². The summed E-state index contributed by atoms with van der Waals surface area (Å²) in [6, 6.07) is 0.426. The van der Waals surface area contributed by atoms with E-state index in [1.165, 1.54) is 4.31 Å². The number of ether oxygens (including phenoxy) is 1. The third kappa shape index (κ3) is 5.29. The van der Waals surface area contributed by atoms with Crippen LogP contribution < -0.4 is 10.0 Å². The highest BCUT2D eigenvalue weighted by molar-refractivity contribution is 7.87. The monoisotopic (exact) mass is 307 g/mol. The van der Waals surface area contributed by atoms with Gasteiger partial charge in [-0.25, -0.2) is 0 Å². The lowest BCUT2D eigenvalue weighted by atomic mass is 9.80. The van der Waals surface area contributed by atoms with Crippen LogP contribution in [0.2, 0.25) is 0 Å². The second-order valence-electron chi connectivity index (χ2n) is 5.85. The predicted octanol–water partition coefficient (Wildman–Crippen LogP) is 0.710. The van der Waals surface area contributed by atoms with Crippen molar-refractivity contribution >= 4 is 10.2 Å². The molecule has 6 nitrogen and oxygen atoms in total. The molecular formula is C13H29N3O3S. The van der Waals surface area contributed by atoms with Crippen LogP contribution in [0.15, 0.2) is 0 Å². The maximum absolute atomic E-state index is 12.1. The number of rotatable bonds is 10. The smallest absolute Gasteiger partial charge is 0.279 e. The van der Waals surface area contributed by atoms with Crippen LogP contribution in [-0.2, 0) is 14.9 Å². The van der Waals surface area contributed by atoms with Gasteiger partial charge in [0.1, 0.15) is 0 Å². The Morgan fingerprint density at radius 2 is 2.00 bits per heavy atom. The summed E-state index contributed by atoms with van der Waals surface area (Å²) >= 11 is 0. The van der Waals surface area contributed by atoms with Crippen LogP contribution in [0.1, 0.15) is 39.5 Å². The Bertz CT molecular complexity index is 375. The van der Waals surface area contributed by atoms with Crippen LogP contribution >= 0.6 is 0 Å². The largest absolute Gasteiger partial charge is 0.377 e. The van der Waals surface area contributed by atoms with Crippen molar-refractivity contribution in [2.45, 2.75) is 51.2 Å². The summed E-state index contributed by atoms with van der Waals surface area (Å²) in [5.74, 6) is 0. The van der Waals surface area contributed by atoms with Crippen molar-refractivity contribution in [3.05, 3.63) is 0 Å². The Morgan fingerprint density at radius 1 is 1.35 bits per heavy atom. The fourth-order valence-corrected chi connectivity index (χ4v) is 3.21. The number of hydrogen-bond acceptors (Lipinski definition) is 4. The Labute approximate surface area is 123 Å². The molecule has 0 aromatic rings. The van der Waals surface area contributed by atoms with Gasteiger partial charge in [0.05, 0.1) is 5.60 Å². The molecule has 0 aliphatic heterocycles. The van der Waals surface area contributed by atoms with Crippen molar-refractivity contribution in [2.24, 2.45) is 0 Å². The van der Waals surface area contributed by atoms with Crippen molar-refractivity contribution in [1.29, 1.82) is 0 Å². The van der Waals surface area contributed by atoms with Crippen LogP contribution in [-0.4, -0.2) is 58.2 Å². The Kier molecular flexibility index (Phi) is 6.87. The molecule has 2 N–H and O–H groups in total. The fourth-order valence-electron chi connectivity index (χ4n) is 2.17. The van der Waals surface area contributed by atoms with Crippen molar-refractivity contribution in [1.82, 2.24) is 14.3 Å². The SMILES string of the molecule is COC1(CNS(=O)(=O)N(C)CCCNC(C)C)CCC1. The van der Waals surface area contributed by atoms with E-state index in [1.54, 1.807) is 14.2 Å². The molecule has 0 radical (unpaired) electrons. The molecule has 20 heavy (non-hydrogen) atoms. The average Bonchev–Trinajstić information content (AvgIpc) is 2.33. The van der Waals surface area contributed by atoms with Gasteiger partial charge < -0.3 is 10.1 Å². The average molecular weight is 307 g/mol. The van der Waals surface area contributed by atoms with Crippen LogP contribution in [0.5, 0.6) is 0 Å². The first kappa shape index (κ1) is 17.8. The lowest BCUT2D eigenvalue weighted by molar-refractivity contribution is -0.0661. The molecule has 0 aromatic heterocycles. The molecule has 1 saturated carbocycles. The number of hydrogen-bond donors (Lipinski definition) is 2. The first-order chi connectivity index (χ1) is 9.31. The van der Waals surface area contributed by atoms with Gasteiger partial charge >= 0.3 is 0 Å². The third-order valence-electron chi connectivity index (χ3n) is 3.89. The molecule has 1 aliphatic carbocycles. The quantitative estimate of drug-likeness (QED) is 0.583. The Hall–Kier alpha value is -0.210. The minimum absolute atomic E-state index is 0.285. The van der Waals surface area contributed by atoms with Crippen molar-refractivity contribution in [2.75, 3.05) is 33.8 Å². The molecule has 0 aromatic carbocycles. The molecule has 0 saturated heterocycles. The third-order valence-corrected chi connectivity index (χ3v) is 5.40. The predicted molar refractivity (Wildman–Crippen MR) is 80.9 cm³/mol. The van der Waals surface area contributed by atoms with Gasteiger partial charge in [0.2, 0.25) is 0 Å². The molecule has 0 amide bonds. The Morgan fingerprint density at radius 3 is 2.45 bits per heavy atom. The molecular weight excluding hydrogens is 278 g/mol. The van der Waals surface area contributed by atoms with Gasteiger partial charge in [-0.05, 0) is 32.2 Å². The van der Waals surface area contributed by atoms with E-state index >= 15 is 0 Å². The van der Waals surface area contributed by atoms with Crippen LogP contribution in [0, 0.1) is 0 Å². The Balaban J connectivity index is 2.31. The zero-order valence-electron chi connectivity index (χ0n) is 13.1. The fraction of sp³-hybridized carbons (Fsp3) is 1.00. The highest BCUT2D eigenvalue weighted by atomic mass is 32.2. The minimum Gasteiger partial charge on any atom is -0.377 e. The molecule has 0 heterocycles. The van der Waals surface area contributed by atoms with Crippen LogP contribution in [0.3, 0.4) is 0 Å². The first-order valence-electron chi connectivity index (χ1n) is 7.31. The van der Waals surface area contributed by atoms with Crippen LogP contribution in [0.4, 0.5) is 0 Å². The van der Waals surface area contributed by atoms with E-state index in [0.29, 0.717) is 19.1 Å². The standard InChI is InChI=1S/C13H29N3O3S/c1-12(2)14-9-6-10-16(3)20(17,18)15-11-13(19-4)7-5-8-13/h12,14-15H,5-11H2,1-4H3. The van der Waals surface area contributed by atoms with Gasteiger partial charge in [0.15, 0.2) is 0 Å². The van der Waals surface area contributed by atoms with E-state index < -0.39 is 10.2 Å². The molecule has 0 bridgehead atoms. The number of nitrogens with one attached hydrogen (secondary N) is 2. The van der Waals surface area contributed by atoms with Crippen molar-refractivity contribution in [3.8, 4) is 0 Å². The molecule has 0 spiro atoms. The topological polar surface area (TPSA) is 70.7 Å². The summed E-state index contributed by atoms with van der Waals surface area (Å²) in [5.41, 5.74) is -0.285. The van der Waals surface area contributed by atoms with Gasteiger partial charge in [0.25, 0.3) is 10.2 Å². The molecule has 120 valence electrons. The summed E-state index contributed by atoms with van der Waals surface area (Å²) in [7, 11) is -0.148. The van der Waals surface area contributed by atoms with Gasteiger partial charge in [-0.3, -0.25) is 0 Å². The second-order valence-corrected chi connectivity index (χ2v) is 7.71. The zero-order valence-corrected chi connectivity index (χ0v) is 13.9. The minimum atomic E-state index is -3.40. The lowest BCUT2D eigenvalue weighted by Crippen LogP contribution is -2.51. The maximum atomic E-state index is 12.1. The molecule has 7 heteroatoms. The molecule has 0 atom stereocenters. The summed E-state index contributed by atoms with van der Waals surface area (Å²) in [6.45, 7) is 5.84. The normalized spacial score (nSPS) is 18.5. The molecule has 1 fully saturated rings. The van der Waals surface area contributed by atoms with E-state index in [2.05, 4.69) is 23.9 Å².